The first-order valence-corrected chi connectivity index (χ1v) is 12.3. The fraction of sp³-hybridized carbons (Fsp3) is 0.381. The van der Waals surface area contributed by atoms with Gasteiger partial charge in [0, 0.05) is 16.5 Å². The zero-order valence-electron chi connectivity index (χ0n) is 16.9. The molecule has 0 saturated heterocycles. The minimum absolute atomic E-state index is 0.120. The molecule has 29 heavy (non-hydrogen) atoms. The number of nitrogens with one attached hydrogen (secondary N) is 1. The Balaban J connectivity index is 1.75. The topological polar surface area (TPSA) is 75.7 Å². The molecule has 0 aromatic heterocycles. The quantitative estimate of drug-likeness (QED) is 0.376. The summed E-state index contributed by atoms with van der Waals surface area (Å²) in [5.41, 5.74) is 2.85. The maximum absolute atomic E-state index is 12.1. The number of anilines is 1. The maximum atomic E-state index is 12.1. The molecule has 1 N–H and O–H groups in total. The minimum Gasteiger partial charge on any atom is -0.491 e. The van der Waals surface area contributed by atoms with Crippen LogP contribution in [0.25, 0.3) is 0 Å². The first-order valence-electron chi connectivity index (χ1n) is 9.37. The summed E-state index contributed by atoms with van der Waals surface area (Å²) in [5.74, 6) is 0.691. The molecule has 0 aliphatic rings. The highest BCUT2D eigenvalue weighted by molar-refractivity contribution is 14.1. The van der Waals surface area contributed by atoms with Crippen LogP contribution in [-0.4, -0.2) is 40.3 Å². The summed E-state index contributed by atoms with van der Waals surface area (Å²) in [4.78, 5) is 12.0. The monoisotopic (exact) mass is 530 g/mol. The first-order chi connectivity index (χ1) is 13.7. The van der Waals surface area contributed by atoms with Gasteiger partial charge in [0.2, 0.25) is 15.9 Å². The third-order valence-electron chi connectivity index (χ3n) is 4.29. The highest BCUT2D eigenvalue weighted by Crippen LogP contribution is 2.20. The molecule has 2 rings (SSSR count). The van der Waals surface area contributed by atoms with Crippen LogP contribution >= 0.6 is 22.6 Å². The lowest BCUT2D eigenvalue weighted by molar-refractivity contribution is -0.121. The van der Waals surface area contributed by atoms with Crippen molar-refractivity contribution in [2.24, 2.45) is 0 Å². The Morgan fingerprint density at radius 3 is 2.45 bits per heavy atom. The van der Waals surface area contributed by atoms with Crippen molar-refractivity contribution < 1.29 is 17.9 Å². The van der Waals surface area contributed by atoms with E-state index in [2.05, 4.69) is 34.0 Å². The normalized spacial score (nSPS) is 11.2. The van der Waals surface area contributed by atoms with Crippen LogP contribution in [0, 0.1) is 17.4 Å². The van der Waals surface area contributed by atoms with Crippen LogP contribution in [0.15, 0.2) is 42.5 Å². The van der Waals surface area contributed by atoms with Gasteiger partial charge in [0.1, 0.15) is 12.4 Å². The summed E-state index contributed by atoms with van der Waals surface area (Å²) in [7, 11) is -3.41. The SMILES string of the molecule is Cc1ccc(OCCNC(=O)CCCN(c2ccc(I)cc2)S(C)(=O)=O)c(C)c1. The van der Waals surface area contributed by atoms with Gasteiger partial charge in [-0.2, -0.15) is 0 Å². The number of sulfonamides is 1. The second kappa shape index (κ2) is 10.8. The Labute approximate surface area is 186 Å². The Kier molecular flexibility index (Phi) is 8.76. The van der Waals surface area contributed by atoms with Crippen molar-refractivity contribution in [2.45, 2.75) is 26.7 Å². The van der Waals surface area contributed by atoms with Crippen molar-refractivity contribution in [3.63, 3.8) is 0 Å². The van der Waals surface area contributed by atoms with Gasteiger partial charge in [-0.25, -0.2) is 8.42 Å². The smallest absolute Gasteiger partial charge is 0.232 e. The van der Waals surface area contributed by atoms with Gasteiger partial charge in [-0.3, -0.25) is 9.10 Å². The van der Waals surface area contributed by atoms with Crippen LogP contribution < -0.4 is 14.4 Å². The Bertz CT molecular complexity index is 930. The number of halogens is 1. The van der Waals surface area contributed by atoms with Crippen LogP contribution in [-0.2, 0) is 14.8 Å². The lowest BCUT2D eigenvalue weighted by atomic mass is 10.1. The molecule has 0 aliphatic heterocycles. The minimum atomic E-state index is -3.41. The summed E-state index contributed by atoms with van der Waals surface area (Å²) in [6, 6.07) is 13.2. The molecule has 0 radical (unpaired) electrons. The number of hydrogen-bond donors (Lipinski definition) is 1. The Hall–Kier alpha value is -1.81. The van der Waals surface area contributed by atoms with E-state index in [1.54, 1.807) is 12.1 Å². The molecular weight excluding hydrogens is 503 g/mol. The Morgan fingerprint density at radius 1 is 1.14 bits per heavy atom. The van der Waals surface area contributed by atoms with Gasteiger partial charge in [0.05, 0.1) is 18.5 Å². The van der Waals surface area contributed by atoms with Gasteiger partial charge >= 0.3 is 0 Å². The van der Waals surface area contributed by atoms with E-state index >= 15 is 0 Å². The van der Waals surface area contributed by atoms with Crippen molar-refractivity contribution >= 4 is 44.2 Å². The van der Waals surface area contributed by atoms with Crippen LogP contribution in [0.5, 0.6) is 5.75 Å². The average molecular weight is 530 g/mol. The van der Waals surface area contributed by atoms with Crippen molar-refractivity contribution in [3.05, 3.63) is 57.2 Å². The van der Waals surface area contributed by atoms with Gasteiger partial charge in [0.25, 0.3) is 0 Å². The predicted molar refractivity (Wildman–Crippen MR) is 125 cm³/mol. The summed E-state index contributed by atoms with van der Waals surface area (Å²) >= 11 is 2.17. The number of carbonyl (C=O) groups excluding carboxylic acids is 1. The summed E-state index contributed by atoms with van der Waals surface area (Å²) in [6.07, 6.45) is 1.86. The van der Waals surface area contributed by atoms with Gasteiger partial charge in [-0.1, -0.05) is 17.7 Å². The van der Waals surface area contributed by atoms with Gasteiger partial charge in [0.15, 0.2) is 0 Å². The van der Waals surface area contributed by atoms with Crippen molar-refractivity contribution in [1.82, 2.24) is 5.32 Å². The largest absolute Gasteiger partial charge is 0.491 e. The van der Waals surface area contributed by atoms with Gasteiger partial charge < -0.3 is 10.1 Å². The van der Waals surface area contributed by atoms with E-state index in [1.807, 2.05) is 38.1 Å². The van der Waals surface area contributed by atoms with Crippen LogP contribution in [0.2, 0.25) is 0 Å². The molecule has 8 heteroatoms. The number of ether oxygens (including phenoxy) is 1. The molecule has 0 fully saturated rings. The van der Waals surface area contributed by atoms with E-state index in [0.717, 1.165) is 14.9 Å². The molecule has 0 heterocycles. The number of nitrogens with zero attached hydrogens (tertiary/aromatic N) is 1. The van der Waals surface area contributed by atoms with Gasteiger partial charge in [-0.05, 0) is 78.8 Å². The summed E-state index contributed by atoms with van der Waals surface area (Å²) in [5, 5.41) is 2.81. The molecule has 0 saturated carbocycles. The van der Waals surface area contributed by atoms with Crippen LogP contribution in [0.1, 0.15) is 24.0 Å². The van der Waals surface area contributed by atoms with E-state index in [9.17, 15) is 13.2 Å². The lowest BCUT2D eigenvalue weighted by Gasteiger charge is -2.22. The molecule has 2 aromatic carbocycles. The Morgan fingerprint density at radius 2 is 1.83 bits per heavy atom. The molecular formula is C21H27IN2O4S. The number of aryl methyl sites for hydroxylation is 2. The number of amides is 1. The standard InChI is InChI=1S/C21H27IN2O4S/c1-16-6-11-20(17(2)15-16)28-14-12-23-21(25)5-4-13-24(29(3,26)27)19-9-7-18(22)8-10-19/h6-11,15H,4-5,12-14H2,1-3H3,(H,23,25). The average Bonchev–Trinajstić information content (AvgIpc) is 2.64. The lowest BCUT2D eigenvalue weighted by Crippen LogP contribution is -2.32. The molecule has 0 bridgehead atoms. The van der Waals surface area contributed by atoms with E-state index in [0.29, 0.717) is 25.3 Å². The molecule has 0 aliphatic carbocycles. The van der Waals surface area contributed by atoms with E-state index in [4.69, 9.17) is 4.74 Å². The highest BCUT2D eigenvalue weighted by Gasteiger charge is 2.17. The molecule has 0 spiro atoms. The molecule has 0 unspecified atom stereocenters. The summed E-state index contributed by atoms with van der Waals surface area (Å²) < 4.78 is 32.2. The van der Waals surface area contributed by atoms with Crippen LogP contribution in [0.3, 0.4) is 0 Å². The van der Waals surface area contributed by atoms with E-state index in [-0.39, 0.29) is 18.9 Å². The maximum Gasteiger partial charge on any atom is 0.232 e. The molecule has 1 amide bonds. The van der Waals surface area contributed by atoms with Crippen molar-refractivity contribution in [1.29, 1.82) is 0 Å². The number of benzene rings is 2. The molecule has 2 aromatic rings. The second-order valence-corrected chi connectivity index (χ2v) is 10.0. The molecule has 0 atom stereocenters. The van der Waals surface area contributed by atoms with Crippen molar-refractivity contribution in [2.75, 3.05) is 30.3 Å². The predicted octanol–water partition coefficient (Wildman–Crippen LogP) is 3.65. The highest BCUT2D eigenvalue weighted by atomic mass is 127. The first kappa shape index (κ1) is 23.5. The zero-order valence-corrected chi connectivity index (χ0v) is 19.9. The number of hydrogen-bond acceptors (Lipinski definition) is 4. The fourth-order valence-corrected chi connectivity index (χ4v) is 4.20. The third-order valence-corrected chi connectivity index (χ3v) is 6.21. The van der Waals surface area contributed by atoms with E-state index < -0.39 is 10.0 Å². The second-order valence-electron chi connectivity index (χ2n) is 6.88. The van der Waals surface area contributed by atoms with E-state index in [1.165, 1.54) is 16.1 Å². The van der Waals surface area contributed by atoms with Gasteiger partial charge in [-0.15, -0.1) is 0 Å². The van der Waals surface area contributed by atoms with Crippen molar-refractivity contribution in [3.8, 4) is 5.75 Å². The number of rotatable bonds is 10. The third kappa shape index (κ3) is 7.85. The number of carbonyl (C=O) groups is 1. The fourth-order valence-electron chi connectivity index (χ4n) is 2.88. The summed E-state index contributed by atoms with van der Waals surface area (Å²) in [6.45, 7) is 5.06. The zero-order chi connectivity index (χ0) is 21.4. The van der Waals surface area contributed by atoms with Crippen LogP contribution in [0.4, 0.5) is 5.69 Å². The molecule has 6 nitrogen and oxygen atoms in total. The molecule has 158 valence electrons.